The molecule has 23 heavy (non-hydrogen) atoms. The van der Waals surface area contributed by atoms with Crippen molar-refractivity contribution in [3.05, 3.63) is 36.1 Å². The quantitative estimate of drug-likeness (QED) is 0.273. The molecule has 0 saturated carbocycles. The largest absolute Gasteiger partial charge is 0.483 e. The van der Waals surface area contributed by atoms with Crippen LogP contribution in [0.4, 0.5) is 0 Å². The van der Waals surface area contributed by atoms with Crippen molar-refractivity contribution in [3.8, 4) is 0 Å². The molecule has 3 nitrogen and oxygen atoms in total. The molecule has 0 atom stereocenters. The van der Waals surface area contributed by atoms with Crippen molar-refractivity contribution in [2.75, 3.05) is 13.3 Å². The van der Waals surface area contributed by atoms with Gasteiger partial charge >= 0.3 is 0 Å². The summed E-state index contributed by atoms with van der Waals surface area (Å²) in [6, 6.07) is 0. The predicted molar refractivity (Wildman–Crippen MR) is 105 cm³/mol. The first-order chi connectivity index (χ1) is 10.8. The maximum absolute atomic E-state index is 8.36. The van der Waals surface area contributed by atoms with Gasteiger partial charge in [-0.25, -0.2) is 0 Å². The summed E-state index contributed by atoms with van der Waals surface area (Å²) < 4.78 is 0. The standard InChI is InChI=1S/C9H8N.C2H7P.3C2H6.CH2O2.Ir/c1-2-5-8(4-1)9-6-3-7-10-9;1-3-2;3*1-2;2-1-3;/h1-3,7H,4,6H2;3H,1-2H3;3*1-2H3;1H,(H,2,3);/q-1;;;;;;. The van der Waals surface area contributed by atoms with Crippen LogP contribution in [0.1, 0.15) is 54.4 Å². The van der Waals surface area contributed by atoms with Crippen LogP contribution in [0.15, 0.2) is 35.0 Å². The minimum atomic E-state index is -0.250. The molecule has 0 fully saturated rings. The van der Waals surface area contributed by atoms with Gasteiger partial charge in [-0.15, -0.1) is 14.2 Å². The van der Waals surface area contributed by atoms with E-state index >= 15 is 0 Å². The smallest absolute Gasteiger partial charge is 0.290 e. The first-order valence-corrected chi connectivity index (χ1v) is 9.95. The number of aliphatic imine (C=N–C) groups is 1. The van der Waals surface area contributed by atoms with E-state index in [1.54, 1.807) is 0 Å². The Morgan fingerprint density at radius 3 is 1.78 bits per heavy atom. The SMILES string of the molecule is CC.CC.CC.CPC.O=CO.[C-]1=C(C2=NC=CC2)CC=C1.[Ir]. The predicted octanol–water partition coefficient (Wildman–Crippen LogP) is 5.74. The molecule has 0 saturated heterocycles. The van der Waals surface area contributed by atoms with Gasteiger partial charge in [-0.05, 0) is 19.8 Å². The molecule has 0 aromatic heterocycles. The molecule has 1 aliphatic heterocycles. The van der Waals surface area contributed by atoms with Gasteiger partial charge in [-0.2, -0.15) is 18.2 Å². The summed E-state index contributed by atoms with van der Waals surface area (Å²) in [5, 5.41) is 6.89. The molecule has 2 aliphatic rings. The molecular formula is C18H35IrNO2P-. The molecule has 0 aromatic carbocycles. The molecule has 1 radical (unpaired) electrons. The van der Waals surface area contributed by atoms with Crippen molar-refractivity contribution in [1.82, 2.24) is 0 Å². The number of nitrogens with zero attached hydrogens (tertiary/aromatic N) is 1. The summed E-state index contributed by atoms with van der Waals surface area (Å²) in [6.07, 6.45) is 13.2. The Hall–Kier alpha value is -0.561. The van der Waals surface area contributed by atoms with Crippen LogP contribution in [-0.4, -0.2) is 30.6 Å². The Balaban J connectivity index is -0.0000000713. The van der Waals surface area contributed by atoms with E-state index in [4.69, 9.17) is 9.90 Å². The number of carboxylic acid groups (broad SMARTS) is 1. The van der Waals surface area contributed by atoms with E-state index in [1.165, 1.54) is 11.3 Å². The third-order valence-electron chi connectivity index (χ3n) is 1.69. The van der Waals surface area contributed by atoms with Crippen LogP contribution in [0, 0.1) is 6.08 Å². The maximum Gasteiger partial charge on any atom is 0.290 e. The monoisotopic (exact) mass is 521 g/mol. The van der Waals surface area contributed by atoms with E-state index in [2.05, 4.69) is 36.6 Å². The molecule has 1 N–H and O–H groups in total. The normalized spacial score (nSPS) is 11.5. The van der Waals surface area contributed by atoms with Crippen molar-refractivity contribution in [3.63, 3.8) is 0 Å². The summed E-state index contributed by atoms with van der Waals surface area (Å²) in [4.78, 5) is 12.6. The van der Waals surface area contributed by atoms with Crippen LogP contribution in [0.2, 0.25) is 0 Å². The van der Waals surface area contributed by atoms with Gasteiger partial charge in [0.2, 0.25) is 0 Å². The first-order valence-electron chi connectivity index (χ1n) is 7.95. The molecule has 139 valence electrons. The van der Waals surface area contributed by atoms with E-state index < -0.39 is 0 Å². The Labute approximate surface area is 159 Å². The van der Waals surface area contributed by atoms with Gasteiger partial charge in [-0.3, -0.25) is 4.79 Å². The Morgan fingerprint density at radius 2 is 1.52 bits per heavy atom. The van der Waals surface area contributed by atoms with Gasteiger partial charge in [0.1, 0.15) is 0 Å². The van der Waals surface area contributed by atoms with Gasteiger partial charge in [0, 0.05) is 26.3 Å². The molecule has 0 spiro atoms. The van der Waals surface area contributed by atoms with Crippen LogP contribution in [0.5, 0.6) is 0 Å². The first kappa shape index (κ1) is 33.9. The van der Waals surface area contributed by atoms with Crippen molar-refractivity contribution >= 4 is 20.8 Å². The van der Waals surface area contributed by atoms with E-state index in [-0.39, 0.29) is 26.6 Å². The number of hydrogen-bond donors (Lipinski definition) is 1. The number of carbonyl (C=O) groups is 1. The summed E-state index contributed by atoms with van der Waals surface area (Å²) in [5.74, 6) is 0. The Bertz CT molecular complexity index is 297. The molecule has 0 amide bonds. The van der Waals surface area contributed by atoms with Crippen LogP contribution in [0.25, 0.3) is 0 Å². The maximum atomic E-state index is 8.36. The van der Waals surface area contributed by atoms with Crippen molar-refractivity contribution in [1.29, 1.82) is 0 Å². The van der Waals surface area contributed by atoms with Crippen molar-refractivity contribution in [2.45, 2.75) is 54.4 Å². The van der Waals surface area contributed by atoms with E-state index in [0.717, 1.165) is 21.4 Å². The summed E-state index contributed by atoms with van der Waals surface area (Å²) >= 11 is 0. The van der Waals surface area contributed by atoms with Gasteiger partial charge in [0.05, 0.1) is 0 Å². The van der Waals surface area contributed by atoms with E-state index in [1.807, 2.05) is 53.8 Å². The minimum Gasteiger partial charge on any atom is -0.483 e. The van der Waals surface area contributed by atoms with Gasteiger partial charge < -0.3 is 10.1 Å². The molecule has 0 aromatic rings. The van der Waals surface area contributed by atoms with Crippen LogP contribution in [0.3, 0.4) is 0 Å². The Kier molecular flexibility index (Phi) is 55.4. The summed E-state index contributed by atoms with van der Waals surface area (Å²) in [5.41, 5.74) is 2.44. The second kappa shape index (κ2) is 37.6. The molecule has 1 aliphatic carbocycles. The fourth-order valence-electron chi connectivity index (χ4n) is 1.16. The minimum absolute atomic E-state index is 0. The molecular weight excluding hydrogens is 485 g/mol. The number of rotatable bonds is 1. The zero-order valence-electron chi connectivity index (χ0n) is 15.9. The summed E-state index contributed by atoms with van der Waals surface area (Å²) in [6.45, 7) is 16.1. The fraction of sp³-hybridized carbons (Fsp3) is 0.556. The molecule has 0 bridgehead atoms. The van der Waals surface area contributed by atoms with Crippen LogP contribution < -0.4 is 0 Å². The third kappa shape index (κ3) is 26.6. The van der Waals surface area contributed by atoms with Crippen molar-refractivity contribution < 1.29 is 30.0 Å². The second-order valence-electron chi connectivity index (χ2n) is 3.00. The number of allylic oxidation sites excluding steroid dienone is 5. The zero-order chi connectivity index (χ0) is 18.2. The molecule has 1 heterocycles. The van der Waals surface area contributed by atoms with Crippen molar-refractivity contribution in [2.24, 2.45) is 4.99 Å². The fourth-order valence-corrected chi connectivity index (χ4v) is 1.16. The topological polar surface area (TPSA) is 49.7 Å². The van der Waals surface area contributed by atoms with Gasteiger partial charge in [0.15, 0.2) is 0 Å². The molecule has 2 rings (SSSR count). The van der Waals surface area contributed by atoms with E-state index in [0.29, 0.717) is 0 Å². The zero-order valence-corrected chi connectivity index (χ0v) is 19.3. The van der Waals surface area contributed by atoms with Gasteiger partial charge in [-0.1, -0.05) is 59.8 Å². The Morgan fingerprint density at radius 1 is 1.09 bits per heavy atom. The van der Waals surface area contributed by atoms with Crippen LogP contribution in [-0.2, 0) is 24.9 Å². The van der Waals surface area contributed by atoms with Gasteiger partial charge in [0.25, 0.3) is 6.47 Å². The van der Waals surface area contributed by atoms with Crippen LogP contribution >= 0.6 is 8.58 Å². The molecule has 0 unspecified atom stereocenters. The number of hydrogen-bond acceptors (Lipinski definition) is 2. The molecule has 5 heteroatoms. The third-order valence-corrected chi connectivity index (χ3v) is 1.69. The average Bonchev–Trinajstić information content (AvgIpc) is 3.28. The second-order valence-corrected chi connectivity index (χ2v) is 4.00. The average molecular weight is 521 g/mol. The van der Waals surface area contributed by atoms with E-state index in [9.17, 15) is 0 Å². The summed E-state index contributed by atoms with van der Waals surface area (Å²) in [7, 11) is 1.08.